The number of benzene rings is 1. The quantitative estimate of drug-likeness (QED) is 0.557. The second-order valence-corrected chi connectivity index (χ2v) is 11.6. The molecule has 3 fully saturated rings. The summed E-state index contributed by atoms with van der Waals surface area (Å²) in [5.41, 5.74) is 0.191. The summed E-state index contributed by atoms with van der Waals surface area (Å²) in [5.74, 6) is -0.990. The first-order chi connectivity index (χ1) is 15.6. The SMILES string of the molecule is CCOc1ccc(NC(=O)[C@@H]2[C@@H]3CCC4(S3)C(C(=O)NC(C)(C)C)N(CCO)C(=O)[C@H]24)cc1. The standard InChI is InChI=1S/C24H33N3O5S/c1-5-32-15-8-6-14(7-9-15)25-20(29)17-16-10-11-24(33-16)18(17)22(31)27(12-13-28)19(24)21(30)26-23(2,3)4/h6-9,16-19,28H,5,10-13H2,1-4H3,(H,25,29)(H,26,30)/t16-,17+,18-,19?,24?/m0/s1. The van der Waals surface area contributed by atoms with Gasteiger partial charge in [0.05, 0.1) is 29.8 Å². The molecule has 3 aliphatic rings. The summed E-state index contributed by atoms with van der Waals surface area (Å²) in [4.78, 5) is 41.8. The van der Waals surface area contributed by atoms with Gasteiger partial charge in [0.25, 0.3) is 0 Å². The molecule has 0 aromatic heterocycles. The number of nitrogens with zero attached hydrogens (tertiary/aromatic N) is 1. The van der Waals surface area contributed by atoms with Gasteiger partial charge in [0, 0.05) is 23.0 Å². The minimum atomic E-state index is -0.695. The minimum absolute atomic E-state index is 0.0112. The number of aliphatic hydroxyl groups is 1. The number of aliphatic hydroxyl groups excluding tert-OH is 1. The van der Waals surface area contributed by atoms with E-state index in [1.165, 1.54) is 4.90 Å². The van der Waals surface area contributed by atoms with Crippen LogP contribution in [0.4, 0.5) is 5.69 Å². The Labute approximate surface area is 198 Å². The molecule has 2 bridgehead atoms. The molecule has 1 aromatic rings. The maximum Gasteiger partial charge on any atom is 0.244 e. The number of carbonyl (C=O) groups is 3. The largest absolute Gasteiger partial charge is 0.494 e. The molecule has 3 aliphatic heterocycles. The Morgan fingerprint density at radius 1 is 1.24 bits per heavy atom. The molecule has 3 heterocycles. The lowest BCUT2D eigenvalue weighted by atomic mass is 9.70. The van der Waals surface area contributed by atoms with Crippen LogP contribution in [-0.4, -0.2) is 69.1 Å². The fraction of sp³-hybridized carbons (Fsp3) is 0.625. The highest BCUT2D eigenvalue weighted by Gasteiger charge is 2.73. The number of anilines is 1. The van der Waals surface area contributed by atoms with Crippen LogP contribution >= 0.6 is 11.8 Å². The predicted molar refractivity (Wildman–Crippen MR) is 127 cm³/mol. The van der Waals surface area contributed by atoms with Crippen LogP contribution in [0.15, 0.2) is 24.3 Å². The average Bonchev–Trinajstić information content (AvgIpc) is 3.36. The van der Waals surface area contributed by atoms with Crippen molar-refractivity contribution in [3.63, 3.8) is 0 Å². The summed E-state index contributed by atoms with van der Waals surface area (Å²) in [5, 5.41) is 15.6. The van der Waals surface area contributed by atoms with Crippen molar-refractivity contribution in [3.05, 3.63) is 24.3 Å². The van der Waals surface area contributed by atoms with E-state index in [-0.39, 0.29) is 36.1 Å². The van der Waals surface area contributed by atoms with E-state index in [0.717, 1.165) is 12.2 Å². The van der Waals surface area contributed by atoms with Gasteiger partial charge in [0.15, 0.2) is 0 Å². The van der Waals surface area contributed by atoms with Gasteiger partial charge in [-0.1, -0.05) is 0 Å². The van der Waals surface area contributed by atoms with Crippen molar-refractivity contribution in [2.75, 3.05) is 25.1 Å². The topological polar surface area (TPSA) is 108 Å². The molecular formula is C24H33N3O5S. The second-order valence-electron chi connectivity index (χ2n) is 10.00. The van der Waals surface area contributed by atoms with Crippen LogP contribution < -0.4 is 15.4 Å². The number of ether oxygens (including phenoxy) is 1. The average molecular weight is 476 g/mol. The first kappa shape index (κ1) is 23.9. The molecule has 0 radical (unpaired) electrons. The summed E-state index contributed by atoms with van der Waals surface area (Å²) in [7, 11) is 0. The Morgan fingerprint density at radius 3 is 2.55 bits per heavy atom. The van der Waals surface area contributed by atoms with Crippen molar-refractivity contribution in [1.82, 2.24) is 10.2 Å². The molecule has 0 saturated carbocycles. The zero-order chi connectivity index (χ0) is 24.0. The molecule has 8 nitrogen and oxygen atoms in total. The molecule has 5 atom stereocenters. The van der Waals surface area contributed by atoms with Gasteiger partial charge in [-0.2, -0.15) is 0 Å². The van der Waals surface area contributed by atoms with Crippen LogP contribution in [0.5, 0.6) is 5.75 Å². The van der Waals surface area contributed by atoms with Crippen molar-refractivity contribution < 1.29 is 24.2 Å². The van der Waals surface area contributed by atoms with E-state index in [9.17, 15) is 19.5 Å². The van der Waals surface area contributed by atoms with Crippen molar-refractivity contribution >= 4 is 35.2 Å². The van der Waals surface area contributed by atoms with Gasteiger partial charge in [-0.25, -0.2) is 0 Å². The smallest absolute Gasteiger partial charge is 0.244 e. The highest BCUT2D eigenvalue weighted by atomic mass is 32.2. The highest BCUT2D eigenvalue weighted by Crippen LogP contribution is 2.66. The van der Waals surface area contributed by atoms with Crippen LogP contribution in [0.3, 0.4) is 0 Å². The van der Waals surface area contributed by atoms with Crippen LogP contribution in [0.2, 0.25) is 0 Å². The molecule has 180 valence electrons. The van der Waals surface area contributed by atoms with Gasteiger partial charge in [0.1, 0.15) is 11.8 Å². The van der Waals surface area contributed by atoms with E-state index in [2.05, 4.69) is 10.6 Å². The molecule has 3 saturated heterocycles. The summed E-state index contributed by atoms with van der Waals surface area (Å²) >= 11 is 1.62. The zero-order valence-electron chi connectivity index (χ0n) is 19.6. The molecule has 3 N–H and O–H groups in total. The number of carbonyl (C=O) groups excluding carboxylic acids is 3. The van der Waals surface area contributed by atoms with Crippen LogP contribution in [0.25, 0.3) is 0 Å². The van der Waals surface area contributed by atoms with Gasteiger partial charge in [-0.05, 0) is 64.8 Å². The van der Waals surface area contributed by atoms with Gasteiger partial charge >= 0.3 is 0 Å². The van der Waals surface area contributed by atoms with E-state index in [1.807, 2.05) is 27.7 Å². The summed E-state index contributed by atoms with van der Waals surface area (Å²) < 4.78 is 4.81. The van der Waals surface area contributed by atoms with Gasteiger partial charge in [-0.15, -0.1) is 11.8 Å². The van der Waals surface area contributed by atoms with Crippen LogP contribution in [0, 0.1) is 11.8 Å². The Balaban J connectivity index is 1.60. The number of fused-ring (bicyclic) bond motifs is 1. The maximum atomic E-state index is 13.6. The number of nitrogens with one attached hydrogen (secondary N) is 2. The number of hydrogen-bond acceptors (Lipinski definition) is 6. The predicted octanol–water partition coefficient (Wildman–Crippen LogP) is 2.02. The van der Waals surface area contributed by atoms with Crippen molar-refractivity contribution in [2.24, 2.45) is 11.8 Å². The van der Waals surface area contributed by atoms with E-state index < -0.39 is 28.2 Å². The normalized spacial score (nSPS) is 30.3. The number of thioether (sulfide) groups is 1. The third kappa shape index (κ3) is 4.21. The molecule has 9 heteroatoms. The Kier molecular flexibility index (Phi) is 6.39. The second kappa shape index (κ2) is 8.83. The third-order valence-electron chi connectivity index (χ3n) is 6.62. The number of likely N-dealkylation sites (tertiary alicyclic amines) is 1. The zero-order valence-corrected chi connectivity index (χ0v) is 20.4. The molecule has 0 aliphatic carbocycles. The van der Waals surface area contributed by atoms with E-state index in [1.54, 1.807) is 36.0 Å². The monoisotopic (exact) mass is 475 g/mol. The highest BCUT2D eigenvalue weighted by molar-refractivity contribution is 8.02. The van der Waals surface area contributed by atoms with E-state index >= 15 is 0 Å². The van der Waals surface area contributed by atoms with Crippen LogP contribution in [0.1, 0.15) is 40.5 Å². The Hall–Kier alpha value is -2.26. The molecule has 33 heavy (non-hydrogen) atoms. The summed E-state index contributed by atoms with van der Waals surface area (Å²) in [6.07, 6.45) is 1.48. The molecule has 2 unspecified atom stereocenters. The first-order valence-electron chi connectivity index (χ1n) is 11.6. The molecule has 4 rings (SSSR count). The van der Waals surface area contributed by atoms with E-state index in [4.69, 9.17) is 4.74 Å². The lowest BCUT2D eigenvalue weighted by Gasteiger charge is -2.36. The molecular weight excluding hydrogens is 442 g/mol. The lowest BCUT2D eigenvalue weighted by Crippen LogP contribution is -2.57. The third-order valence-corrected chi connectivity index (χ3v) is 8.58. The number of hydrogen-bond donors (Lipinski definition) is 3. The Morgan fingerprint density at radius 2 is 1.94 bits per heavy atom. The Bertz CT molecular complexity index is 931. The summed E-state index contributed by atoms with van der Waals surface area (Å²) in [6.45, 7) is 8.03. The van der Waals surface area contributed by atoms with Crippen LogP contribution in [-0.2, 0) is 14.4 Å². The van der Waals surface area contributed by atoms with Crippen molar-refractivity contribution in [2.45, 2.75) is 62.1 Å². The van der Waals surface area contributed by atoms with Crippen molar-refractivity contribution in [1.29, 1.82) is 0 Å². The number of rotatable bonds is 7. The van der Waals surface area contributed by atoms with Gasteiger partial charge in [0.2, 0.25) is 17.7 Å². The summed E-state index contributed by atoms with van der Waals surface area (Å²) in [6, 6.07) is 6.47. The van der Waals surface area contributed by atoms with Gasteiger partial charge < -0.3 is 25.4 Å². The fourth-order valence-corrected chi connectivity index (χ4v) is 7.79. The van der Waals surface area contributed by atoms with Gasteiger partial charge in [-0.3, -0.25) is 14.4 Å². The van der Waals surface area contributed by atoms with Crippen molar-refractivity contribution in [3.8, 4) is 5.75 Å². The first-order valence-corrected chi connectivity index (χ1v) is 12.4. The molecule has 1 aromatic carbocycles. The fourth-order valence-electron chi connectivity index (χ4n) is 5.57. The van der Waals surface area contributed by atoms with E-state index in [0.29, 0.717) is 18.7 Å². The molecule has 3 amide bonds. The number of β-amino-alcohol motifs (C(OH)–C–C–N with tert-alkyl or cyclic N) is 1. The molecule has 1 spiro atoms. The minimum Gasteiger partial charge on any atom is -0.494 e. The lowest BCUT2D eigenvalue weighted by molar-refractivity contribution is -0.139. The number of amides is 3. The maximum absolute atomic E-state index is 13.6.